The van der Waals surface area contributed by atoms with Crippen molar-refractivity contribution in [3.63, 3.8) is 0 Å². The van der Waals surface area contributed by atoms with Crippen LogP contribution < -0.4 is 0 Å². The number of carbonyl (C=O) groups is 1. The predicted octanol–water partition coefficient (Wildman–Crippen LogP) is 2.13. The highest BCUT2D eigenvalue weighted by molar-refractivity contribution is 7.80. The average molecular weight is 253 g/mol. The number of amides is 1. The molecule has 1 rings (SSSR count). The van der Waals surface area contributed by atoms with Crippen LogP contribution in [0.5, 0.6) is 0 Å². The molecule has 0 aliphatic carbocycles. The lowest BCUT2D eigenvalue weighted by atomic mass is 10.1. The highest BCUT2D eigenvalue weighted by atomic mass is 32.1. The number of hydrogen-bond acceptors (Lipinski definition) is 3. The molecule has 0 radical (unpaired) electrons. The summed E-state index contributed by atoms with van der Waals surface area (Å²) in [6, 6.07) is 5.57. The zero-order chi connectivity index (χ0) is 12.8. The molecule has 0 saturated carbocycles. The number of aliphatic hydroxyl groups excluding tert-OH is 1. The van der Waals surface area contributed by atoms with Gasteiger partial charge in [-0.05, 0) is 38.0 Å². The molecule has 17 heavy (non-hydrogen) atoms. The van der Waals surface area contributed by atoms with E-state index < -0.39 is 0 Å². The first-order chi connectivity index (χ1) is 8.10. The lowest BCUT2D eigenvalue weighted by molar-refractivity contribution is 0.0753. The monoisotopic (exact) mass is 253 g/mol. The molecule has 0 atom stereocenters. The van der Waals surface area contributed by atoms with Crippen LogP contribution in [0.4, 0.5) is 0 Å². The maximum absolute atomic E-state index is 12.3. The van der Waals surface area contributed by atoms with Crippen LogP contribution in [0.25, 0.3) is 0 Å². The minimum atomic E-state index is 0.00866. The van der Waals surface area contributed by atoms with E-state index in [1.807, 2.05) is 26.0 Å². The van der Waals surface area contributed by atoms with Gasteiger partial charge in [0.15, 0.2) is 0 Å². The Kier molecular flexibility index (Phi) is 5.51. The van der Waals surface area contributed by atoms with E-state index in [1.165, 1.54) is 0 Å². The molecule has 0 aliphatic rings. The lowest BCUT2D eigenvalue weighted by Crippen LogP contribution is -2.32. The van der Waals surface area contributed by atoms with Crippen molar-refractivity contribution >= 4 is 18.5 Å². The topological polar surface area (TPSA) is 40.5 Å². The lowest BCUT2D eigenvalue weighted by Gasteiger charge is -2.21. The Morgan fingerprint density at radius 3 is 2.76 bits per heavy atom. The molecule has 1 aromatic carbocycles. The Labute approximate surface area is 108 Å². The first kappa shape index (κ1) is 14.1. The van der Waals surface area contributed by atoms with Gasteiger partial charge in [-0.3, -0.25) is 4.79 Å². The summed E-state index contributed by atoms with van der Waals surface area (Å²) in [5.41, 5.74) is 1.65. The van der Waals surface area contributed by atoms with E-state index in [-0.39, 0.29) is 12.5 Å². The largest absolute Gasteiger partial charge is 0.396 e. The summed E-state index contributed by atoms with van der Waals surface area (Å²) in [6.07, 6.45) is 0.610. The summed E-state index contributed by atoms with van der Waals surface area (Å²) in [7, 11) is 0. The van der Waals surface area contributed by atoms with E-state index >= 15 is 0 Å². The van der Waals surface area contributed by atoms with E-state index in [2.05, 4.69) is 12.6 Å². The molecular formula is C13H19NO2S. The Balaban J connectivity index is 2.89. The summed E-state index contributed by atoms with van der Waals surface area (Å²) >= 11 is 4.25. The second kappa shape index (κ2) is 6.67. The normalized spacial score (nSPS) is 10.4. The molecule has 0 heterocycles. The fraction of sp³-hybridized carbons (Fsp3) is 0.462. The fourth-order valence-corrected chi connectivity index (χ4v) is 1.88. The maximum Gasteiger partial charge on any atom is 0.254 e. The third kappa shape index (κ3) is 3.75. The summed E-state index contributed by atoms with van der Waals surface area (Å²) < 4.78 is 0. The van der Waals surface area contributed by atoms with Gasteiger partial charge in [-0.2, -0.15) is 0 Å². The quantitative estimate of drug-likeness (QED) is 0.789. The number of nitrogens with zero attached hydrogens (tertiary/aromatic N) is 1. The molecule has 1 N–H and O–H groups in total. The first-order valence-corrected chi connectivity index (χ1v) is 6.24. The van der Waals surface area contributed by atoms with Crippen molar-refractivity contribution in [1.29, 1.82) is 0 Å². The number of rotatable bonds is 5. The molecule has 1 aromatic rings. The molecule has 0 unspecified atom stereocenters. The Hall–Kier alpha value is -1.00. The van der Waals surface area contributed by atoms with Crippen molar-refractivity contribution in [2.24, 2.45) is 0 Å². The maximum atomic E-state index is 12.3. The minimum Gasteiger partial charge on any atom is -0.396 e. The fourth-order valence-electron chi connectivity index (χ4n) is 1.68. The molecule has 0 aliphatic heterocycles. The molecule has 3 nitrogen and oxygen atoms in total. The van der Waals surface area contributed by atoms with Gasteiger partial charge in [-0.1, -0.05) is 6.07 Å². The van der Waals surface area contributed by atoms with Crippen LogP contribution >= 0.6 is 12.6 Å². The number of benzene rings is 1. The molecule has 0 spiro atoms. The van der Waals surface area contributed by atoms with Crippen LogP contribution in [-0.4, -0.2) is 35.6 Å². The number of aryl methyl sites for hydroxylation is 1. The third-order valence-electron chi connectivity index (χ3n) is 2.71. The van der Waals surface area contributed by atoms with E-state index in [0.717, 1.165) is 10.5 Å². The van der Waals surface area contributed by atoms with Crippen molar-refractivity contribution in [2.45, 2.75) is 25.2 Å². The smallest absolute Gasteiger partial charge is 0.254 e. The van der Waals surface area contributed by atoms with Crippen LogP contribution in [0, 0.1) is 6.92 Å². The van der Waals surface area contributed by atoms with Gasteiger partial charge >= 0.3 is 0 Å². The summed E-state index contributed by atoms with van der Waals surface area (Å²) in [4.78, 5) is 14.8. The number of carbonyl (C=O) groups excluding carboxylic acids is 1. The van der Waals surface area contributed by atoms with Gasteiger partial charge in [0.25, 0.3) is 5.91 Å². The minimum absolute atomic E-state index is 0.00866. The molecule has 4 heteroatoms. The highest BCUT2D eigenvalue weighted by Crippen LogP contribution is 2.16. The molecule has 0 aromatic heterocycles. The van der Waals surface area contributed by atoms with E-state index in [4.69, 9.17) is 5.11 Å². The summed E-state index contributed by atoms with van der Waals surface area (Å²) in [6.45, 7) is 5.20. The van der Waals surface area contributed by atoms with E-state index in [9.17, 15) is 4.79 Å². The van der Waals surface area contributed by atoms with Crippen molar-refractivity contribution < 1.29 is 9.90 Å². The number of hydrogen-bond donors (Lipinski definition) is 2. The van der Waals surface area contributed by atoms with Crippen LogP contribution in [0.1, 0.15) is 29.3 Å². The van der Waals surface area contributed by atoms with Gasteiger partial charge in [-0.15, -0.1) is 12.6 Å². The molecule has 1 amide bonds. The van der Waals surface area contributed by atoms with E-state index in [0.29, 0.717) is 25.1 Å². The predicted molar refractivity (Wildman–Crippen MR) is 71.7 cm³/mol. The van der Waals surface area contributed by atoms with Crippen molar-refractivity contribution in [2.75, 3.05) is 19.7 Å². The number of thiol groups is 1. The van der Waals surface area contributed by atoms with E-state index in [1.54, 1.807) is 11.0 Å². The first-order valence-electron chi connectivity index (χ1n) is 5.80. The second-order valence-corrected chi connectivity index (χ2v) is 4.48. The van der Waals surface area contributed by atoms with Gasteiger partial charge in [0, 0.05) is 30.2 Å². The van der Waals surface area contributed by atoms with Crippen LogP contribution in [0.15, 0.2) is 23.1 Å². The summed E-state index contributed by atoms with van der Waals surface area (Å²) in [5.74, 6) is 0.00866. The molecular weight excluding hydrogens is 234 g/mol. The number of aliphatic hydroxyl groups is 1. The molecule has 0 saturated heterocycles. The zero-order valence-electron chi connectivity index (χ0n) is 10.3. The van der Waals surface area contributed by atoms with Gasteiger partial charge in [-0.25, -0.2) is 0 Å². The van der Waals surface area contributed by atoms with Gasteiger partial charge in [0.05, 0.1) is 0 Å². The van der Waals surface area contributed by atoms with Crippen LogP contribution in [0.3, 0.4) is 0 Å². The van der Waals surface area contributed by atoms with Crippen molar-refractivity contribution in [3.8, 4) is 0 Å². The molecule has 94 valence electrons. The Bertz CT molecular complexity index is 393. The van der Waals surface area contributed by atoms with Gasteiger partial charge in [0.2, 0.25) is 0 Å². The Morgan fingerprint density at radius 1 is 1.47 bits per heavy atom. The summed E-state index contributed by atoms with van der Waals surface area (Å²) in [5, 5.41) is 8.81. The average Bonchev–Trinajstić information content (AvgIpc) is 2.33. The highest BCUT2D eigenvalue weighted by Gasteiger charge is 2.15. The Morgan fingerprint density at radius 2 is 2.18 bits per heavy atom. The standard InChI is InChI=1S/C13H19NO2S/c1-3-14(7-4-8-15)13(16)12-9-11(17)6-5-10(12)2/h5-6,9,15,17H,3-4,7-8H2,1-2H3. The second-order valence-electron chi connectivity index (χ2n) is 3.96. The molecule has 0 bridgehead atoms. The van der Waals surface area contributed by atoms with Gasteiger partial charge < -0.3 is 10.0 Å². The molecule has 0 fully saturated rings. The van der Waals surface area contributed by atoms with Crippen molar-refractivity contribution in [3.05, 3.63) is 29.3 Å². The zero-order valence-corrected chi connectivity index (χ0v) is 11.2. The SMILES string of the molecule is CCN(CCCO)C(=O)c1cc(S)ccc1C. The van der Waals surface area contributed by atoms with Crippen LogP contribution in [0.2, 0.25) is 0 Å². The third-order valence-corrected chi connectivity index (χ3v) is 2.98. The van der Waals surface area contributed by atoms with Crippen molar-refractivity contribution in [1.82, 2.24) is 4.90 Å². The van der Waals surface area contributed by atoms with Crippen LogP contribution in [-0.2, 0) is 0 Å². The van der Waals surface area contributed by atoms with Gasteiger partial charge in [0.1, 0.15) is 0 Å².